The third-order valence-corrected chi connectivity index (χ3v) is 3.21. The second kappa shape index (κ2) is 6.74. The molecular weight excluding hydrogens is 280 g/mol. The monoisotopic (exact) mass is 296 g/mol. The van der Waals surface area contributed by atoms with Crippen molar-refractivity contribution in [3.8, 4) is 0 Å². The van der Waals surface area contributed by atoms with Gasteiger partial charge in [0.1, 0.15) is 0 Å². The second-order valence-corrected chi connectivity index (χ2v) is 5.03. The first-order valence-corrected chi connectivity index (χ1v) is 6.67. The lowest BCUT2D eigenvalue weighted by atomic mass is 10.1. The van der Waals surface area contributed by atoms with Gasteiger partial charge in [-0.3, -0.25) is 4.79 Å². The molecule has 3 N–H and O–H groups in total. The maximum Gasteiger partial charge on any atom is 0.224 e. The zero-order chi connectivity index (χ0) is 14.5. The standard InChI is InChI=1S/C14H17ClN2O3/c1-20-8-11(18)7-17-14(19)4-9-6-16-13-3-2-10(15)5-12(9)13/h2-3,5-6,11,16,18H,4,7-8H2,1H3,(H,17,19). The van der Waals surface area contributed by atoms with Crippen molar-refractivity contribution in [1.82, 2.24) is 10.3 Å². The van der Waals surface area contributed by atoms with Gasteiger partial charge >= 0.3 is 0 Å². The third-order valence-electron chi connectivity index (χ3n) is 2.97. The summed E-state index contributed by atoms with van der Waals surface area (Å²) in [5.74, 6) is -0.152. The van der Waals surface area contributed by atoms with Crippen LogP contribution in [-0.4, -0.2) is 42.4 Å². The average Bonchev–Trinajstić information content (AvgIpc) is 2.79. The molecule has 2 aromatic rings. The molecule has 0 aliphatic heterocycles. The fourth-order valence-electron chi connectivity index (χ4n) is 2.02. The van der Waals surface area contributed by atoms with E-state index in [2.05, 4.69) is 10.3 Å². The number of carbonyl (C=O) groups excluding carboxylic acids is 1. The van der Waals surface area contributed by atoms with Crippen molar-refractivity contribution in [3.63, 3.8) is 0 Å². The number of fused-ring (bicyclic) bond motifs is 1. The van der Waals surface area contributed by atoms with Gasteiger partial charge in [-0.15, -0.1) is 0 Å². The number of aromatic nitrogens is 1. The van der Waals surface area contributed by atoms with Crippen LogP contribution in [0.4, 0.5) is 0 Å². The quantitative estimate of drug-likeness (QED) is 0.756. The Labute approximate surface area is 121 Å². The van der Waals surface area contributed by atoms with E-state index in [-0.39, 0.29) is 25.5 Å². The van der Waals surface area contributed by atoms with Gasteiger partial charge in [0.05, 0.1) is 19.1 Å². The number of aliphatic hydroxyl groups is 1. The van der Waals surface area contributed by atoms with E-state index in [4.69, 9.17) is 16.3 Å². The van der Waals surface area contributed by atoms with Crippen molar-refractivity contribution < 1.29 is 14.6 Å². The minimum atomic E-state index is -0.693. The molecular formula is C14H17ClN2O3. The molecule has 0 spiro atoms. The lowest BCUT2D eigenvalue weighted by Gasteiger charge is -2.10. The Hall–Kier alpha value is -1.56. The van der Waals surface area contributed by atoms with Gasteiger partial charge in [-0.25, -0.2) is 0 Å². The van der Waals surface area contributed by atoms with Gasteiger partial charge in [0.15, 0.2) is 0 Å². The van der Waals surface area contributed by atoms with Gasteiger partial charge in [-0.1, -0.05) is 11.6 Å². The summed E-state index contributed by atoms with van der Waals surface area (Å²) in [7, 11) is 1.50. The summed E-state index contributed by atoms with van der Waals surface area (Å²) in [5, 5.41) is 13.7. The lowest BCUT2D eigenvalue weighted by molar-refractivity contribution is -0.121. The topological polar surface area (TPSA) is 74.3 Å². The van der Waals surface area contributed by atoms with E-state index in [0.29, 0.717) is 5.02 Å². The van der Waals surface area contributed by atoms with Gasteiger partial charge < -0.3 is 20.1 Å². The van der Waals surface area contributed by atoms with E-state index >= 15 is 0 Å². The third kappa shape index (κ3) is 3.72. The normalized spacial score (nSPS) is 12.6. The first-order chi connectivity index (χ1) is 9.60. The molecule has 0 radical (unpaired) electrons. The number of nitrogens with one attached hydrogen (secondary N) is 2. The molecule has 0 saturated carbocycles. The Morgan fingerprint density at radius 3 is 3.10 bits per heavy atom. The van der Waals surface area contributed by atoms with Crippen LogP contribution in [0.1, 0.15) is 5.56 Å². The van der Waals surface area contributed by atoms with Crippen molar-refractivity contribution >= 4 is 28.4 Å². The van der Waals surface area contributed by atoms with E-state index in [0.717, 1.165) is 16.5 Å². The van der Waals surface area contributed by atoms with Crippen LogP contribution < -0.4 is 5.32 Å². The van der Waals surface area contributed by atoms with Crippen LogP contribution in [0.3, 0.4) is 0 Å². The predicted molar refractivity (Wildman–Crippen MR) is 77.9 cm³/mol. The number of amides is 1. The number of benzene rings is 1. The molecule has 1 amide bonds. The molecule has 1 atom stereocenters. The van der Waals surface area contributed by atoms with E-state index in [9.17, 15) is 9.90 Å². The summed E-state index contributed by atoms with van der Waals surface area (Å²) < 4.78 is 4.79. The highest BCUT2D eigenvalue weighted by Crippen LogP contribution is 2.22. The Morgan fingerprint density at radius 2 is 2.35 bits per heavy atom. The number of H-pyrrole nitrogens is 1. The van der Waals surface area contributed by atoms with Crippen LogP contribution in [0.15, 0.2) is 24.4 Å². The first-order valence-electron chi connectivity index (χ1n) is 6.29. The van der Waals surface area contributed by atoms with E-state index < -0.39 is 6.10 Å². The molecule has 2 rings (SSSR count). The maximum absolute atomic E-state index is 11.8. The van der Waals surface area contributed by atoms with Gasteiger partial charge in [0, 0.05) is 35.8 Å². The lowest BCUT2D eigenvalue weighted by Crippen LogP contribution is -2.35. The Balaban J connectivity index is 1.98. The Bertz CT molecular complexity index is 597. The smallest absolute Gasteiger partial charge is 0.224 e. The summed E-state index contributed by atoms with van der Waals surface area (Å²) in [6.45, 7) is 0.374. The number of hydrogen-bond acceptors (Lipinski definition) is 3. The van der Waals surface area contributed by atoms with Crippen molar-refractivity contribution in [2.24, 2.45) is 0 Å². The number of aromatic amines is 1. The largest absolute Gasteiger partial charge is 0.389 e. The summed E-state index contributed by atoms with van der Waals surface area (Å²) >= 11 is 5.96. The van der Waals surface area contributed by atoms with Crippen LogP contribution in [0.25, 0.3) is 10.9 Å². The number of ether oxygens (including phenoxy) is 1. The van der Waals surface area contributed by atoms with Gasteiger partial charge in [0.25, 0.3) is 0 Å². The summed E-state index contributed by atoms with van der Waals surface area (Å²) in [6.07, 6.45) is 1.34. The van der Waals surface area contributed by atoms with Crippen molar-refractivity contribution in [2.75, 3.05) is 20.3 Å². The Kier molecular flexibility index (Phi) is 5.00. The molecule has 1 unspecified atom stereocenters. The molecule has 1 aromatic carbocycles. The number of halogens is 1. The Morgan fingerprint density at radius 1 is 1.55 bits per heavy atom. The SMILES string of the molecule is COCC(O)CNC(=O)Cc1c[nH]c2ccc(Cl)cc12. The van der Waals surface area contributed by atoms with Gasteiger partial charge in [-0.05, 0) is 23.8 Å². The summed E-state index contributed by atoms with van der Waals surface area (Å²) in [5.41, 5.74) is 1.82. The zero-order valence-electron chi connectivity index (χ0n) is 11.1. The fraction of sp³-hybridized carbons (Fsp3) is 0.357. The zero-order valence-corrected chi connectivity index (χ0v) is 11.9. The number of carbonyl (C=O) groups is 1. The molecule has 20 heavy (non-hydrogen) atoms. The van der Waals surface area contributed by atoms with Crippen LogP contribution in [0, 0.1) is 0 Å². The number of hydrogen-bond donors (Lipinski definition) is 3. The number of aliphatic hydroxyl groups excluding tert-OH is 1. The van der Waals surface area contributed by atoms with Crippen molar-refractivity contribution in [2.45, 2.75) is 12.5 Å². The fourth-order valence-corrected chi connectivity index (χ4v) is 2.19. The van der Waals surface area contributed by atoms with E-state index in [1.165, 1.54) is 7.11 Å². The highest BCUT2D eigenvalue weighted by Gasteiger charge is 2.11. The number of rotatable bonds is 6. The molecule has 5 nitrogen and oxygen atoms in total. The molecule has 1 heterocycles. The molecule has 0 fully saturated rings. The van der Waals surface area contributed by atoms with Crippen molar-refractivity contribution in [3.05, 3.63) is 35.0 Å². The highest BCUT2D eigenvalue weighted by molar-refractivity contribution is 6.31. The summed E-state index contributed by atoms with van der Waals surface area (Å²) in [4.78, 5) is 14.9. The minimum absolute atomic E-state index is 0.152. The molecule has 0 bridgehead atoms. The van der Waals surface area contributed by atoms with E-state index in [1.54, 1.807) is 12.3 Å². The van der Waals surface area contributed by atoms with Gasteiger partial charge in [0.2, 0.25) is 5.91 Å². The number of methoxy groups -OCH3 is 1. The van der Waals surface area contributed by atoms with E-state index in [1.807, 2.05) is 12.1 Å². The molecule has 0 saturated heterocycles. The van der Waals surface area contributed by atoms with Crippen LogP contribution in [-0.2, 0) is 16.0 Å². The van der Waals surface area contributed by atoms with Crippen LogP contribution in [0.5, 0.6) is 0 Å². The minimum Gasteiger partial charge on any atom is -0.389 e. The highest BCUT2D eigenvalue weighted by atomic mass is 35.5. The molecule has 6 heteroatoms. The molecule has 108 valence electrons. The predicted octanol–water partition coefficient (Wildman–Crippen LogP) is 1.49. The van der Waals surface area contributed by atoms with Crippen LogP contribution in [0.2, 0.25) is 5.02 Å². The van der Waals surface area contributed by atoms with Crippen LogP contribution >= 0.6 is 11.6 Å². The summed E-state index contributed by atoms with van der Waals surface area (Å²) in [6, 6.07) is 5.50. The maximum atomic E-state index is 11.8. The average molecular weight is 297 g/mol. The molecule has 0 aliphatic carbocycles. The van der Waals surface area contributed by atoms with Gasteiger partial charge in [-0.2, -0.15) is 0 Å². The molecule has 1 aromatic heterocycles. The van der Waals surface area contributed by atoms with Crippen molar-refractivity contribution in [1.29, 1.82) is 0 Å². The molecule has 0 aliphatic rings. The first kappa shape index (κ1) is 14.8. The second-order valence-electron chi connectivity index (χ2n) is 4.59.